The fourth-order valence-electron chi connectivity index (χ4n) is 2.65. The van der Waals surface area contributed by atoms with Crippen LogP contribution in [0.25, 0.3) is 5.65 Å². The van der Waals surface area contributed by atoms with E-state index in [1.54, 1.807) is 12.4 Å². The van der Waals surface area contributed by atoms with Gasteiger partial charge in [0.25, 0.3) is 0 Å². The van der Waals surface area contributed by atoms with Gasteiger partial charge in [-0.15, -0.1) is 10.2 Å². The Labute approximate surface area is 110 Å². The molecule has 1 aliphatic rings. The van der Waals surface area contributed by atoms with Crippen LogP contribution in [-0.4, -0.2) is 19.6 Å². The van der Waals surface area contributed by atoms with E-state index in [0.29, 0.717) is 0 Å². The molecule has 0 spiro atoms. The highest BCUT2D eigenvalue weighted by atomic mass is 15.3. The summed E-state index contributed by atoms with van der Waals surface area (Å²) in [5.41, 5.74) is 8.59. The Balaban J connectivity index is 1.89. The molecular formula is C14H13N5. The van der Waals surface area contributed by atoms with Gasteiger partial charge in [0.1, 0.15) is 5.82 Å². The lowest BCUT2D eigenvalue weighted by molar-refractivity contribution is 0.739. The molecule has 2 heterocycles. The third-order valence-corrected chi connectivity index (χ3v) is 3.86. The van der Waals surface area contributed by atoms with Crippen LogP contribution in [-0.2, 0) is 5.41 Å². The van der Waals surface area contributed by atoms with Gasteiger partial charge < -0.3 is 5.73 Å². The first-order valence-corrected chi connectivity index (χ1v) is 6.31. The van der Waals surface area contributed by atoms with Crippen LogP contribution in [0.2, 0.25) is 0 Å². The fourth-order valence-corrected chi connectivity index (χ4v) is 2.65. The molecule has 5 nitrogen and oxygen atoms in total. The SMILES string of the molecule is Nc1ccc(C2(c3nnc4cnccn34)CC2)cc1. The minimum atomic E-state index is -0.00549. The van der Waals surface area contributed by atoms with E-state index in [9.17, 15) is 0 Å². The summed E-state index contributed by atoms with van der Waals surface area (Å²) in [4.78, 5) is 4.07. The standard InChI is InChI=1S/C14H13N5/c15-11-3-1-10(2-4-11)14(5-6-14)13-18-17-12-9-16-7-8-19(12)13/h1-4,7-9H,5-6,15H2. The van der Waals surface area contributed by atoms with E-state index in [-0.39, 0.29) is 5.41 Å². The van der Waals surface area contributed by atoms with Crippen LogP contribution in [0.1, 0.15) is 24.2 Å². The van der Waals surface area contributed by atoms with Gasteiger partial charge in [0, 0.05) is 18.1 Å². The van der Waals surface area contributed by atoms with Gasteiger partial charge >= 0.3 is 0 Å². The molecule has 2 N–H and O–H groups in total. The van der Waals surface area contributed by atoms with Gasteiger partial charge in [-0.1, -0.05) is 12.1 Å². The summed E-state index contributed by atoms with van der Waals surface area (Å²) in [6, 6.07) is 8.07. The molecule has 0 aliphatic heterocycles. The van der Waals surface area contributed by atoms with Crippen molar-refractivity contribution in [3.8, 4) is 0 Å². The summed E-state index contributed by atoms with van der Waals surface area (Å²) in [6.07, 6.45) is 7.61. The van der Waals surface area contributed by atoms with Gasteiger partial charge in [-0.2, -0.15) is 0 Å². The molecule has 1 aromatic carbocycles. The minimum absolute atomic E-state index is 0.00549. The number of hydrogen-bond acceptors (Lipinski definition) is 4. The molecule has 0 bridgehead atoms. The molecule has 5 heteroatoms. The van der Waals surface area contributed by atoms with Crippen molar-refractivity contribution < 1.29 is 0 Å². The lowest BCUT2D eigenvalue weighted by Crippen LogP contribution is -2.13. The number of fused-ring (bicyclic) bond motifs is 1. The Morgan fingerprint density at radius 1 is 1.11 bits per heavy atom. The second kappa shape index (κ2) is 3.54. The number of hydrogen-bond donors (Lipinski definition) is 1. The average Bonchev–Trinajstić information content (AvgIpc) is 3.13. The smallest absolute Gasteiger partial charge is 0.179 e. The van der Waals surface area contributed by atoms with Crippen molar-refractivity contribution in [3.05, 3.63) is 54.2 Å². The Bertz CT molecular complexity index is 740. The normalized spacial score (nSPS) is 16.6. The van der Waals surface area contributed by atoms with Crippen molar-refractivity contribution in [2.45, 2.75) is 18.3 Å². The van der Waals surface area contributed by atoms with Crippen molar-refractivity contribution >= 4 is 11.3 Å². The topological polar surface area (TPSA) is 69.1 Å². The molecule has 19 heavy (non-hydrogen) atoms. The third kappa shape index (κ3) is 1.44. The molecule has 0 radical (unpaired) electrons. The molecule has 4 rings (SSSR count). The van der Waals surface area contributed by atoms with Crippen LogP contribution in [0.15, 0.2) is 42.9 Å². The van der Waals surface area contributed by atoms with Crippen LogP contribution < -0.4 is 5.73 Å². The van der Waals surface area contributed by atoms with Gasteiger partial charge in [0.15, 0.2) is 5.65 Å². The molecule has 0 saturated heterocycles. The van der Waals surface area contributed by atoms with Crippen LogP contribution in [0.4, 0.5) is 5.69 Å². The zero-order valence-electron chi connectivity index (χ0n) is 10.3. The van der Waals surface area contributed by atoms with E-state index in [1.807, 2.05) is 22.7 Å². The van der Waals surface area contributed by atoms with Crippen molar-refractivity contribution in [1.82, 2.24) is 19.6 Å². The van der Waals surface area contributed by atoms with Crippen molar-refractivity contribution in [3.63, 3.8) is 0 Å². The summed E-state index contributed by atoms with van der Waals surface area (Å²) < 4.78 is 2.02. The highest BCUT2D eigenvalue weighted by Crippen LogP contribution is 2.52. The molecule has 0 amide bonds. The Morgan fingerprint density at radius 3 is 2.63 bits per heavy atom. The number of rotatable bonds is 2. The minimum Gasteiger partial charge on any atom is -0.399 e. The number of nitrogens with zero attached hydrogens (tertiary/aromatic N) is 4. The maximum Gasteiger partial charge on any atom is 0.179 e. The van der Waals surface area contributed by atoms with E-state index in [1.165, 1.54) is 5.56 Å². The summed E-state index contributed by atoms with van der Waals surface area (Å²) in [5, 5.41) is 8.56. The Morgan fingerprint density at radius 2 is 1.89 bits per heavy atom. The number of nitrogen functional groups attached to an aromatic ring is 1. The van der Waals surface area contributed by atoms with E-state index < -0.39 is 0 Å². The Hall–Kier alpha value is -2.43. The summed E-state index contributed by atoms with van der Waals surface area (Å²) >= 11 is 0. The van der Waals surface area contributed by atoms with Crippen LogP contribution >= 0.6 is 0 Å². The van der Waals surface area contributed by atoms with E-state index in [0.717, 1.165) is 30.0 Å². The zero-order valence-corrected chi connectivity index (χ0v) is 10.3. The van der Waals surface area contributed by atoms with Crippen LogP contribution in [0.3, 0.4) is 0 Å². The van der Waals surface area contributed by atoms with E-state index >= 15 is 0 Å². The molecule has 1 saturated carbocycles. The van der Waals surface area contributed by atoms with Crippen molar-refractivity contribution in [2.24, 2.45) is 0 Å². The quantitative estimate of drug-likeness (QED) is 0.705. The van der Waals surface area contributed by atoms with Gasteiger partial charge in [-0.3, -0.25) is 9.38 Å². The van der Waals surface area contributed by atoms with Gasteiger partial charge in [0.2, 0.25) is 0 Å². The molecule has 2 aromatic heterocycles. The Kier molecular flexibility index (Phi) is 1.95. The second-order valence-electron chi connectivity index (χ2n) is 5.03. The highest BCUT2D eigenvalue weighted by molar-refractivity contribution is 5.48. The molecule has 0 unspecified atom stereocenters. The molecular weight excluding hydrogens is 238 g/mol. The zero-order chi connectivity index (χ0) is 12.9. The number of anilines is 1. The molecule has 94 valence electrons. The molecule has 1 aliphatic carbocycles. The third-order valence-electron chi connectivity index (χ3n) is 3.86. The first-order chi connectivity index (χ1) is 9.29. The fraction of sp³-hybridized carbons (Fsp3) is 0.214. The first-order valence-electron chi connectivity index (χ1n) is 6.31. The van der Waals surface area contributed by atoms with E-state index in [2.05, 4.69) is 27.3 Å². The number of benzene rings is 1. The second-order valence-corrected chi connectivity index (χ2v) is 5.03. The maximum absolute atomic E-state index is 5.76. The number of aromatic nitrogens is 4. The van der Waals surface area contributed by atoms with Crippen LogP contribution in [0, 0.1) is 0 Å². The van der Waals surface area contributed by atoms with Gasteiger partial charge in [0.05, 0.1) is 11.6 Å². The van der Waals surface area contributed by atoms with E-state index in [4.69, 9.17) is 5.73 Å². The predicted molar refractivity (Wildman–Crippen MR) is 71.7 cm³/mol. The average molecular weight is 251 g/mol. The van der Waals surface area contributed by atoms with Crippen LogP contribution in [0.5, 0.6) is 0 Å². The summed E-state index contributed by atoms with van der Waals surface area (Å²) in [7, 11) is 0. The van der Waals surface area contributed by atoms with Crippen molar-refractivity contribution in [2.75, 3.05) is 5.73 Å². The summed E-state index contributed by atoms with van der Waals surface area (Å²) in [6.45, 7) is 0. The monoisotopic (exact) mass is 251 g/mol. The highest BCUT2D eigenvalue weighted by Gasteiger charge is 2.49. The maximum atomic E-state index is 5.76. The molecule has 0 atom stereocenters. The molecule has 1 fully saturated rings. The van der Waals surface area contributed by atoms with Gasteiger partial charge in [-0.25, -0.2) is 0 Å². The first kappa shape index (κ1) is 10.5. The lowest BCUT2D eigenvalue weighted by Gasteiger charge is -2.14. The largest absolute Gasteiger partial charge is 0.399 e. The number of nitrogens with two attached hydrogens (primary N) is 1. The lowest BCUT2D eigenvalue weighted by atomic mass is 9.95. The molecule has 3 aromatic rings. The van der Waals surface area contributed by atoms with Gasteiger partial charge in [-0.05, 0) is 30.5 Å². The van der Waals surface area contributed by atoms with Crippen molar-refractivity contribution in [1.29, 1.82) is 0 Å². The predicted octanol–water partition coefficient (Wildman–Crippen LogP) is 1.79. The summed E-state index contributed by atoms with van der Waals surface area (Å²) in [5.74, 6) is 0.995.